The molecule has 0 spiro atoms. The van der Waals surface area contributed by atoms with Gasteiger partial charge in [-0.2, -0.15) is 12.6 Å². The number of hydrogen-bond acceptors (Lipinski definition) is 20. The van der Waals surface area contributed by atoms with Gasteiger partial charge in [0.1, 0.15) is 54.4 Å². The van der Waals surface area contributed by atoms with Crippen LogP contribution in [0.5, 0.6) is 0 Å². The van der Waals surface area contributed by atoms with E-state index in [1.165, 1.54) is 0 Å². The summed E-state index contributed by atoms with van der Waals surface area (Å²) in [5.41, 5.74) is 100. The molecule has 10 atom stereocenters. The third kappa shape index (κ3) is 45.1. The van der Waals surface area contributed by atoms with E-state index in [-0.39, 0.29) is 202 Å². The van der Waals surface area contributed by atoms with Crippen LogP contribution in [-0.2, 0) is 47.9 Å². The number of unbranched alkanes of at least 4 members (excludes halogenated alkanes) is 1. The smallest absolute Gasteiger partial charge is 0.244 e. The van der Waals surface area contributed by atoms with Crippen LogP contribution in [0.4, 0.5) is 0 Å². The van der Waals surface area contributed by atoms with Gasteiger partial charge >= 0.3 is 0 Å². The summed E-state index contributed by atoms with van der Waals surface area (Å²) in [5, 5.41) is 23.8. The Morgan fingerprint density at radius 2 is 0.423 bits per heavy atom. The number of nitrogens with one attached hydrogen (secondary N) is 9. The van der Waals surface area contributed by atoms with E-state index in [2.05, 4.69) is 100 Å². The largest absolute Gasteiger partial charge is 0.370 e. The zero-order valence-electron chi connectivity index (χ0n) is 59.3. The van der Waals surface area contributed by atoms with Gasteiger partial charge in [-0.1, -0.05) is 6.92 Å². The van der Waals surface area contributed by atoms with Gasteiger partial charge < -0.3 is 151 Å². The summed E-state index contributed by atoms with van der Waals surface area (Å²) in [4.78, 5) is 174. The van der Waals surface area contributed by atoms with E-state index in [9.17, 15) is 47.9 Å². The van der Waals surface area contributed by atoms with E-state index in [0.717, 1.165) is 0 Å². The molecule has 0 aliphatic carbocycles. The highest BCUT2D eigenvalue weighted by atomic mass is 32.1. The number of primary amides is 1. The van der Waals surface area contributed by atoms with Crippen LogP contribution in [0.1, 0.15) is 129 Å². The molecule has 0 aromatic heterocycles. The number of nitrogens with zero attached hydrogens (tertiary/aromatic N) is 8. The van der Waals surface area contributed by atoms with E-state index in [4.69, 9.17) is 103 Å². The van der Waals surface area contributed by atoms with Crippen LogP contribution < -0.4 is 151 Å². The first kappa shape index (κ1) is 93.2. The topological polar surface area (TPSA) is 846 Å². The summed E-state index contributed by atoms with van der Waals surface area (Å²) < 4.78 is 0. The third-order valence-electron chi connectivity index (χ3n) is 15.0. The summed E-state index contributed by atoms with van der Waals surface area (Å²) in [6.07, 6.45) is 1.20. The molecule has 0 heterocycles. The van der Waals surface area contributed by atoms with Gasteiger partial charge in [0, 0.05) is 64.0 Å². The molecule has 10 amide bonds. The summed E-state index contributed by atoms with van der Waals surface area (Å²) in [5.74, 6) is -11.6. The van der Waals surface area contributed by atoms with Crippen molar-refractivity contribution < 1.29 is 47.9 Å². The van der Waals surface area contributed by atoms with E-state index in [1.54, 1.807) is 6.92 Å². The van der Waals surface area contributed by atoms with Gasteiger partial charge in [-0.15, -0.1) is 0 Å². The molecule has 45 nitrogen and oxygen atoms in total. The lowest BCUT2D eigenvalue weighted by atomic mass is 10.0. The van der Waals surface area contributed by atoms with Crippen molar-refractivity contribution in [2.45, 2.75) is 183 Å². The van der Waals surface area contributed by atoms with Gasteiger partial charge in [0.15, 0.2) is 47.7 Å². The average molecular weight is 1500 g/mol. The van der Waals surface area contributed by atoms with Gasteiger partial charge in [0.05, 0.1) is 0 Å². The predicted molar refractivity (Wildman–Crippen MR) is 402 cm³/mol. The lowest BCUT2D eigenvalue weighted by molar-refractivity contribution is -0.136. The fraction of sp³-hybridized carbons (Fsp3) is 0.690. The molecule has 104 heavy (non-hydrogen) atoms. The van der Waals surface area contributed by atoms with Crippen molar-refractivity contribution in [3.63, 3.8) is 0 Å². The van der Waals surface area contributed by atoms with Gasteiger partial charge in [-0.3, -0.25) is 87.9 Å². The number of carbonyl (C=O) groups is 10. The van der Waals surface area contributed by atoms with Crippen LogP contribution >= 0.6 is 12.6 Å². The molecular weight excluding hydrogens is 1380 g/mol. The Bertz CT molecular complexity index is 2940. The van der Waals surface area contributed by atoms with Crippen molar-refractivity contribution >= 4 is 119 Å². The molecule has 0 aromatic carbocycles. The average Bonchev–Trinajstić information content (AvgIpc) is 0.855. The molecule has 0 saturated heterocycles. The maximum absolute atomic E-state index is 14.9. The Balaban J connectivity index is 7.81. The minimum absolute atomic E-state index is 0.0126. The molecule has 0 bridgehead atoms. The Hall–Kier alpha value is -10.8. The predicted octanol–water partition coefficient (Wildman–Crippen LogP) is -12.0. The number of rotatable bonds is 56. The first-order valence-corrected chi connectivity index (χ1v) is 34.5. The monoisotopic (exact) mass is 1500 g/mol. The van der Waals surface area contributed by atoms with Crippen molar-refractivity contribution in [3.8, 4) is 0 Å². The molecular formula is C58H117N35O10S. The molecule has 0 rings (SSSR count). The highest BCUT2D eigenvalue weighted by Crippen LogP contribution is 2.13. The molecule has 1 unspecified atom stereocenters. The van der Waals surface area contributed by atoms with Crippen molar-refractivity contribution in [1.82, 2.24) is 47.9 Å². The van der Waals surface area contributed by atoms with Crippen LogP contribution in [0.2, 0.25) is 0 Å². The first-order chi connectivity index (χ1) is 49.1. The Labute approximate surface area is 610 Å². The van der Waals surface area contributed by atoms with E-state index < -0.39 is 119 Å². The summed E-state index contributed by atoms with van der Waals surface area (Å²) in [6.45, 7) is 1.97. The molecule has 0 aliphatic heterocycles. The van der Waals surface area contributed by atoms with Crippen molar-refractivity contribution in [2.24, 2.45) is 149 Å². The number of guanidine groups is 8. The van der Waals surface area contributed by atoms with Gasteiger partial charge in [-0.05, 0) is 129 Å². The van der Waals surface area contributed by atoms with Gasteiger partial charge in [-0.25, -0.2) is 0 Å². The molecule has 590 valence electrons. The molecule has 46 heteroatoms. The lowest BCUT2D eigenvalue weighted by Gasteiger charge is -2.28. The van der Waals surface area contributed by atoms with Crippen LogP contribution in [-0.4, -0.2) is 226 Å². The molecule has 0 saturated carbocycles. The fourth-order valence-electron chi connectivity index (χ4n) is 9.61. The van der Waals surface area contributed by atoms with Crippen LogP contribution in [0.3, 0.4) is 0 Å². The third-order valence-corrected chi connectivity index (χ3v) is 15.4. The standard InChI is InChI=1S/C58H117N35O10S/c1-31(12-4-22-77-51(61)62)42(95)86-33(14-5-23-78-52(63)64)43(96)87-34(15-6-24-79-53(65)66)44(97)88-35(16-7-25-80-54(67)68)45(98)89-36(17-8-26-81-55(69)70)46(99)90-37(18-9-27-82-56(71)72)47(100)91-38(19-10-28-83-57(73)74)48(101)92-39(20-11-29-84-58(75)76)49(102)93-40(30-104)50(103)85-32(41(60)94)13-2-3-21-59/h31-40,104H,2-30,59H2,1H3,(H2,60,94)(H,85,103)(H,86,95)(H,87,96)(H,88,97)(H,89,98)(H,90,99)(H,91,100)(H,92,101)(H,93,102)(H4,61,62,77)(H4,63,64,78)(H4,65,66,79)(H4,67,68,80)(H4,69,70,81)(H4,71,72,82)(H4,73,74,83)(H4,75,76,84)/t31-,32?,33-,34-,35-,36-,37-,38-,39-,40-/m1/s1. The normalized spacial score (nSPS) is 13.6. The summed E-state index contributed by atoms with van der Waals surface area (Å²) in [7, 11) is 0. The molecule has 0 aliphatic rings. The van der Waals surface area contributed by atoms with Crippen LogP contribution in [0.15, 0.2) is 39.9 Å². The minimum Gasteiger partial charge on any atom is -0.370 e. The number of carbonyl (C=O) groups excluding carboxylic acids is 10. The highest BCUT2D eigenvalue weighted by Gasteiger charge is 2.36. The van der Waals surface area contributed by atoms with Crippen LogP contribution in [0.25, 0.3) is 0 Å². The maximum atomic E-state index is 14.9. The molecule has 0 radical (unpaired) electrons. The SMILES string of the molecule is C[C@H](CCCN=C(N)N)C(=O)N[C@H](CCCN=C(N)N)C(=O)N[C@H](CCCN=C(N)N)C(=O)N[C@H](CCCN=C(N)N)C(=O)N[C@H](CCCN=C(N)N)C(=O)N[C@H](CCCN=C(N)N)C(=O)N[C@H](CCCN=C(N)N)C(=O)N[C@H](CCCN=C(N)N)C(=O)N[C@H](CS)C(=O)NC(CCCCN)C(N)=O. The fourth-order valence-corrected chi connectivity index (χ4v) is 9.87. The van der Waals surface area contributed by atoms with E-state index in [0.29, 0.717) is 32.2 Å². The quantitative estimate of drug-likeness (QED) is 0.0116. The highest BCUT2D eigenvalue weighted by molar-refractivity contribution is 7.80. The van der Waals surface area contributed by atoms with E-state index in [1.807, 2.05) is 0 Å². The first-order valence-electron chi connectivity index (χ1n) is 33.9. The Kier molecular flexibility index (Phi) is 48.3. The van der Waals surface area contributed by atoms with Gasteiger partial charge in [0.2, 0.25) is 59.1 Å². The second kappa shape index (κ2) is 53.9. The Morgan fingerprint density at radius 3 is 0.615 bits per heavy atom. The number of hydrogen-bond donors (Lipinski definition) is 28. The summed E-state index contributed by atoms with van der Waals surface area (Å²) >= 11 is 4.25. The lowest BCUT2D eigenvalue weighted by Crippen LogP contribution is -2.60. The number of amides is 10. The second-order valence-corrected chi connectivity index (χ2v) is 24.3. The number of nitrogens with two attached hydrogens (primary N) is 18. The van der Waals surface area contributed by atoms with Crippen LogP contribution in [0, 0.1) is 5.92 Å². The zero-order chi connectivity index (χ0) is 78.7. The Morgan fingerprint density at radius 1 is 0.250 bits per heavy atom. The molecule has 0 fully saturated rings. The zero-order valence-corrected chi connectivity index (χ0v) is 60.2. The number of aliphatic imine (C=N–C) groups is 8. The molecule has 45 N–H and O–H groups in total. The van der Waals surface area contributed by atoms with Crippen molar-refractivity contribution in [1.29, 1.82) is 0 Å². The van der Waals surface area contributed by atoms with E-state index >= 15 is 0 Å². The van der Waals surface area contributed by atoms with Crippen molar-refractivity contribution in [2.75, 3.05) is 64.7 Å². The molecule has 0 aromatic rings. The second-order valence-electron chi connectivity index (χ2n) is 23.9. The van der Waals surface area contributed by atoms with Crippen molar-refractivity contribution in [3.05, 3.63) is 0 Å². The van der Waals surface area contributed by atoms with Gasteiger partial charge in [0.25, 0.3) is 0 Å². The number of thiol groups is 1. The minimum atomic E-state index is -1.56. The maximum Gasteiger partial charge on any atom is 0.244 e. The summed E-state index contributed by atoms with van der Waals surface area (Å²) in [6, 6.07) is -12.8.